The third-order valence-corrected chi connectivity index (χ3v) is 4.46. The molecule has 0 unspecified atom stereocenters. The lowest BCUT2D eigenvalue weighted by Gasteiger charge is -2.26. The van der Waals surface area contributed by atoms with Gasteiger partial charge >= 0.3 is 5.69 Å². The van der Waals surface area contributed by atoms with Gasteiger partial charge in [0.15, 0.2) is 0 Å². The van der Waals surface area contributed by atoms with E-state index in [1.165, 1.54) is 4.68 Å². The van der Waals surface area contributed by atoms with Crippen molar-refractivity contribution in [2.75, 3.05) is 35.7 Å². The van der Waals surface area contributed by atoms with Gasteiger partial charge in [0.1, 0.15) is 23.7 Å². The zero-order valence-corrected chi connectivity index (χ0v) is 14.6. The number of rotatable bonds is 6. The molecule has 0 radical (unpaired) electrons. The first-order valence-corrected chi connectivity index (χ1v) is 8.19. The van der Waals surface area contributed by atoms with E-state index >= 15 is 0 Å². The second-order valence-corrected chi connectivity index (χ2v) is 6.05. The third kappa shape index (κ3) is 3.32. The summed E-state index contributed by atoms with van der Waals surface area (Å²) in [4.78, 5) is 21.6. The van der Waals surface area contributed by atoms with Crippen LogP contribution in [-0.2, 0) is 7.05 Å². The Hall–Kier alpha value is -2.91. The summed E-state index contributed by atoms with van der Waals surface area (Å²) in [5.41, 5.74) is 0.444. The Bertz CT molecular complexity index is 775. The summed E-state index contributed by atoms with van der Waals surface area (Å²) in [6.45, 7) is 3.13. The fraction of sp³-hybridized carbons (Fsp3) is 0.533. The molecular weight excluding hydrogens is 324 g/mol. The van der Waals surface area contributed by atoms with E-state index in [2.05, 4.69) is 30.6 Å². The van der Waals surface area contributed by atoms with Crippen LogP contribution in [0, 0.1) is 17.0 Å². The van der Waals surface area contributed by atoms with Crippen molar-refractivity contribution in [3.8, 4) is 0 Å². The number of aryl methyl sites for hydroxylation is 2. The molecule has 0 amide bonds. The fourth-order valence-electron chi connectivity index (χ4n) is 3.27. The van der Waals surface area contributed by atoms with E-state index in [1.807, 2.05) is 13.1 Å². The smallest absolute Gasteiger partial charge is 0.333 e. The van der Waals surface area contributed by atoms with Gasteiger partial charge < -0.3 is 15.5 Å². The van der Waals surface area contributed by atoms with E-state index in [9.17, 15) is 10.1 Å². The molecule has 2 aromatic rings. The summed E-state index contributed by atoms with van der Waals surface area (Å²) in [5, 5.41) is 21.7. The Balaban J connectivity index is 1.76. The monoisotopic (exact) mass is 346 g/mol. The van der Waals surface area contributed by atoms with Crippen LogP contribution in [-0.4, -0.2) is 50.9 Å². The Morgan fingerprint density at radius 3 is 2.96 bits per heavy atom. The number of nitrogens with zero attached hydrogens (tertiary/aromatic N) is 6. The number of nitrogens with one attached hydrogen (secondary N) is 2. The van der Waals surface area contributed by atoms with Gasteiger partial charge in [0.05, 0.1) is 4.92 Å². The first kappa shape index (κ1) is 16.9. The van der Waals surface area contributed by atoms with Gasteiger partial charge in [0.2, 0.25) is 5.82 Å². The zero-order valence-electron chi connectivity index (χ0n) is 14.6. The summed E-state index contributed by atoms with van der Waals surface area (Å²) >= 11 is 0. The lowest BCUT2D eigenvalue weighted by molar-refractivity contribution is -0.384. The van der Waals surface area contributed by atoms with Crippen LogP contribution in [0.5, 0.6) is 0 Å². The van der Waals surface area contributed by atoms with Crippen molar-refractivity contribution in [1.29, 1.82) is 0 Å². The van der Waals surface area contributed by atoms with Gasteiger partial charge in [-0.2, -0.15) is 5.10 Å². The molecule has 1 aliphatic rings. The molecule has 0 aliphatic carbocycles. The number of hydrogen-bond donors (Lipinski definition) is 2. The van der Waals surface area contributed by atoms with Crippen molar-refractivity contribution < 1.29 is 4.92 Å². The van der Waals surface area contributed by atoms with E-state index < -0.39 is 0 Å². The second-order valence-electron chi connectivity index (χ2n) is 6.05. The van der Waals surface area contributed by atoms with Gasteiger partial charge in [0.25, 0.3) is 0 Å². The molecule has 25 heavy (non-hydrogen) atoms. The minimum absolute atomic E-state index is 0.0338. The van der Waals surface area contributed by atoms with Crippen LogP contribution < -0.4 is 15.5 Å². The molecule has 3 heterocycles. The Morgan fingerprint density at radius 1 is 1.44 bits per heavy atom. The Morgan fingerprint density at radius 2 is 2.24 bits per heavy atom. The van der Waals surface area contributed by atoms with Gasteiger partial charge in [0, 0.05) is 39.3 Å². The highest BCUT2D eigenvalue weighted by Gasteiger charge is 2.29. The lowest BCUT2D eigenvalue weighted by Crippen LogP contribution is -2.36. The molecule has 1 saturated heterocycles. The van der Waals surface area contributed by atoms with Crippen LogP contribution in [0.1, 0.15) is 18.5 Å². The molecule has 0 spiro atoms. The van der Waals surface area contributed by atoms with Crippen LogP contribution >= 0.6 is 0 Å². The van der Waals surface area contributed by atoms with Crippen molar-refractivity contribution in [3.63, 3.8) is 0 Å². The van der Waals surface area contributed by atoms with Crippen LogP contribution in [0.15, 0.2) is 12.4 Å². The summed E-state index contributed by atoms with van der Waals surface area (Å²) in [7, 11) is 3.53. The summed E-state index contributed by atoms with van der Waals surface area (Å²) in [5.74, 6) is 2.06. The van der Waals surface area contributed by atoms with Crippen LogP contribution in [0.4, 0.5) is 23.1 Å². The van der Waals surface area contributed by atoms with Gasteiger partial charge in [-0.3, -0.25) is 10.1 Å². The molecule has 2 N–H and O–H groups in total. The zero-order chi connectivity index (χ0) is 18.0. The Kier molecular flexibility index (Phi) is 4.68. The van der Waals surface area contributed by atoms with Crippen molar-refractivity contribution >= 4 is 23.1 Å². The van der Waals surface area contributed by atoms with E-state index in [1.54, 1.807) is 20.3 Å². The highest BCUT2D eigenvalue weighted by Crippen LogP contribution is 2.29. The first-order chi connectivity index (χ1) is 12.0. The molecule has 10 heteroatoms. The van der Waals surface area contributed by atoms with Crippen molar-refractivity contribution in [2.24, 2.45) is 7.05 Å². The van der Waals surface area contributed by atoms with E-state index in [-0.39, 0.29) is 16.7 Å². The predicted octanol–water partition coefficient (Wildman–Crippen LogP) is 1.55. The minimum Gasteiger partial charge on any atom is -0.373 e. The molecule has 0 bridgehead atoms. The lowest BCUT2D eigenvalue weighted by atomic mass is 10.2. The molecule has 1 aliphatic heterocycles. The molecule has 10 nitrogen and oxygen atoms in total. The molecule has 0 aromatic carbocycles. The molecule has 1 atom stereocenters. The number of hydrogen-bond acceptors (Lipinski definition) is 8. The number of nitro groups is 1. The van der Waals surface area contributed by atoms with E-state index in [4.69, 9.17) is 0 Å². The van der Waals surface area contributed by atoms with Crippen molar-refractivity contribution in [1.82, 2.24) is 19.7 Å². The van der Waals surface area contributed by atoms with Crippen molar-refractivity contribution in [2.45, 2.75) is 25.8 Å². The maximum Gasteiger partial charge on any atom is 0.333 e. The van der Waals surface area contributed by atoms with E-state index in [0.29, 0.717) is 18.1 Å². The highest BCUT2D eigenvalue weighted by atomic mass is 16.6. The topological polar surface area (TPSA) is 114 Å². The van der Waals surface area contributed by atoms with Gasteiger partial charge in [-0.05, 0) is 19.8 Å². The van der Waals surface area contributed by atoms with Gasteiger partial charge in [-0.25, -0.2) is 14.6 Å². The molecule has 3 rings (SSSR count). The minimum atomic E-state index is -0.388. The standard InChI is InChI=1S/C15H22N8O2/c1-10-14(23(24)25)15(21(3)20-10)17-8-11-5-4-6-22(11)13-7-12(16-2)18-9-19-13/h7,9,11,17H,4-6,8H2,1-3H3,(H,16,18,19)/t11-/m0/s1. The largest absolute Gasteiger partial charge is 0.373 e. The number of aromatic nitrogens is 4. The molecule has 1 fully saturated rings. The quantitative estimate of drug-likeness (QED) is 0.598. The maximum absolute atomic E-state index is 11.3. The highest BCUT2D eigenvalue weighted by molar-refractivity contribution is 5.60. The first-order valence-electron chi connectivity index (χ1n) is 8.19. The normalized spacial score (nSPS) is 16.9. The maximum atomic E-state index is 11.3. The van der Waals surface area contributed by atoms with Gasteiger partial charge in [-0.1, -0.05) is 0 Å². The summed E-state index contributed by atoms with van der Waals surface area (Å²) < 4.78 is 1.52. The molecule has 134 valence electrons. The van der Waals surface area contributed by atoms with Crippen LogP contribution in [0.2, 0.25) is 0 Å². The van der Waals surface area contributed by atoms with E-state index in [0.717, 1.165) is 31.0 Å². The molecular formula is C15H22N8O2. The average Bonchev–Trinajstić information content (AvgIpc) is 3.16. The summed E-state index contributed by atoms with van der Waals surface area (Å²) in [6.07, 6.45) is 3.59. The number of anilines is 3. The van der Waals surface area contributed by atoms with Gasteiger partial charge in [-0.15, -0.1) is 0 Å². The fourth-order valence-corrected chi connectivity index (χ4v) is 3.27. The van der Waals surface area contributed by atoms with Crippen molar-refractivity contribution in [3.05, 3.63) is 28.2 Å². The summed E-state index contributed by atoms with van der Waals surface area (Å²) in [6, 6.07) is 2.11. The SMILES string of the molecule is CNc1cc(N2CCC[C@H]2CNc2c([N+](=O)[O-])c(C)nn2C)ncn1. The van der Waals surface area contributed by atoms with Crippen LogP contribution in [0.3, 0.4) is 0 Å². The third-order valence-electron chi connectivity index (χ3n) is 4.46. The molecule has 2 aromatic heterocycles. The van der Waals surface area contributed by atoms with Crippen LogP contribution in [0.25, 0.3) is 0 Å². The second kappa shape index (κ2) is 6.91. The predicted molar refractivity (Wildman–Crippen MR) is 95.0 cm³/mol. The molecule has 0 saturated carbocycles. The average molecular weight is 346 g/mol. The Labute approximate surface area is 145 Å².